The molecule has 4 nitrogen and oxygen atoms in total. The summed E-state index contributed by atoms with van der Waals surface area (Å²) < 4.78 is 5.84. The van der Waals surface area contributed by atoms with Crippen molar-refractivity contribution in [3.63, 3.8) is 0 Å². The van der Waals surface area contributed by atoms with Gasteiger partial charge in [0, 0.05) is 0 Å². The first-order valence-corrected chi connectivity index (χ1v) is 10.1. The Hall–Kier alpha value is -1.21. The Morgan fingerprint density at radius 3 is 2.38 bits per heavy atom. The maximum atomic E-state index is 13.0. The maximum absolute atomic E-state index is 13.0. The fourth-order valence-electron chi connectivity index (χ4n) is 3.39. The summed E-state index contributed by atoms with van der Waals surface area (Å²) in [6, 6.07) is 7.24. The number of aliphatic hydroxyl groups is 1. The van der Waals surface area contributed by atoms with Crippen LogP contribution in [0.3, 0.4) is 0 Å². The molecule has 0 spiro atoms. The summed E-state index contributed by atoms with van der Waals surface area (Å²) in [5.41, 5.74) is 3.99. The largest absolute Gasteiger partial charge is 0.459 e. The van der Waals surface area contributed by atoms with Gasteiger partial charge in [-0.3, -0.25) is 0 Å². The summed E-state index contributed by atoms with van der Waals surface area (Å²) in [6.45, 7) is 0.596. The van der Waals surface area contributed by atoms with Crippen LogP contribution in [0, 0.1) is 5.92 Å². The fourth-order valence-corrected chi connectivity index (χ4v) is 5.10. The molecule has 130 valence electrons. The standard InChI is InChI=1S/C18H23NO3S2/c19-10-9-13-5-1-2-6-14(13)22-17(20)18(21,15-7-3-11-23-15)16-8-4-12-24-16/h3-4,7-8,11-14,21H,1-2,5-6,9-10,19H2/t13-,14-/m0/s1. The van der Waals surface area contributed by atoms with Crippen molar-refractivity contribution in [2.75, 3.05) is 6.54 Å². The third-order valence-corrected chi connectivity index (χ3v) is 6.64. The molecule has 0 unspecified atom stereocenters. The lowest BCUT2D eigenvalue weighted by Gasteiger charge is -2.33. The zero-order valence-electron chi connectivity index (χ0n) is 13.5. The molecule has 2 heterocycles. The molecule has 24 heavy (non-hydrogen) atoms. The van der Waals surface area contributed by atoms with Crippen molar-refractivity contribution in [2.45, 2.75) is 43.8 Å². The summed E-state index contributed by atoms with van der Waals surface area (Å²) in [7, 11) is 0. The van der Waals surface area contributed by atoms with Crippen molar-refractivity contribution in [3.05, 3.63) is 44.8 Å². The Bertz CT molecular complexity index is 603. The smallest absolute Gasteiger partial charge is 0.349 e. The number of ether oxygens (including phenoxy) is 1. The first kappa shape index (κ1) is 17.6. The van der Waals surface area contributed by atoms with E-state index in [0.29, 0.717) is 22.2 Å². The van der Waals surface area contributed by atoms with E-state index < -0.39 is 11.6 Å². The van der Waals surface area contributed by atoms with Gasteiger partial charge in [0.1, 0.15) is 6.10 Å². The molecule has 1 aliphatic rings. The monoisotopic (exact) mass is 365 g/mol. The summed E-state index contributed by atoms with van der Waals surface area (Å²) in [4.78, 5) is 14.2. The third kappa shape index (κ3) is 3.42. The zero-order valence-corrected chi connectivity index (χ0v) is 15.2. The molecular weight excluding hydrogens is 342 g/mol. The molecule has 1 fully saturated rings. The van der Waals surface area contributed by atoms with E-state index in [0.717, 1.165) is 32.1 Å². The van der Waals surface area contributed by atoms with Crippen LogP contribution in [-0.2, 0) is 15.1 Å². The molecule has 1 aliphatic carbocycles. The topological polar surface area (TPSA) is 72.5 Å². The number of hydrogen-bond acceptors (Lipinski definition) is 6. The van der Waals surface area contributed by atoms with Crippen molar-refractivity contribution in [1.29, 1.82) is 0 Å². The van der Waals surface area contributed by atoms with Crippen LogP contribution >= 0.6 is 22.7 Å². The first-order valence-electron chi connectivity index (χ1n) is 8.37. The van der Waals surface area contributed by atoms with Crippen molar-refractivity contribution in [3.8, 4) is 0 Å². The average Bonchev–Trinajstić information content (AvgIpc) is 3.30. The normalized spacial score (nSPS) is 21.6. The fraction of sp³-hybridized carbons (Fsp3) is 0.500. The molecule has 6 heteroatoms. The SMILES string of the molecule is NCC[C@@H]1CCCC[C@@H]1OC(=O)C(O)(c1cccs1)c1cccs1. The van der Waals surface area contributed by atoms with E-state index in [-0.39, 0.29) is 6.10 Å². The van der Waals surface area contributed by atoms with Crippen molar-refractivity contribution in [1.82, 2.24) is 0 Å². The number of hydrogen-bond donors (Lipinski definition) is 2. The highest BCUT2D eigenvalue weighted by molar-refractivity contribution is 7.12. The van der Waals surface area contributed by atoms with Crippen LogP contribution in [0.4, 0.5) is 0 Å². The Morgan fingerprint density at radius 2 is 1.83 bits per heavy atom. The molecule has 2 aromatic heterocycles. The average molecular weight is 366 g/mol. The number of nitrogens with two attached hydrogens (primary N) is 1. The molecule has 2 aromatic rings. The Labute approximate surface area is 150 Å². The predicted molar refractivity (Wildman–Crippen MR) is 97.1 cm³/mol. The van der Waals surface area contributed by atoms with E-state index in [4.69, 9.17) is 10.5 Å². The van der Waals surface area contributed by atoms with Crippen LogP contribution in [-0.4, -0.2) is 23.7 Å². The lowest BCUT2D eigenvalue weighted by atomic mass is 9.84. The molecule has 0 amide bonds. The van der Waals surface area contributed by atoms with Gasteiger partial charge in [0.05, 0.1) is 9.75 Å². The Morgan fingerprint density at radius 1 is 1.21 bits per heavy atom. The number of carbonyl (C=O) groups is 1. The lowest BCUT2D eigenvalue weighted by molar-refractivity contribution is -0.172. The van der Waals surface area contributed by atoms with E-state index >= 15 is 0 Å². The summed E-state index contributed by atoms with van der Waals surface area (Å²) in [5, 5.41) is 15.0. The molecule has 0 saturated heterocycles. The van der Waals surface area contributed by atoms with Crippen LogP contribution < -0.4 is 5.73 Å². The maximum Gasteiger partial charge on any atom is 0.349 e. The minimum absolute atomic E-state index is 0.152. The molecule has 0 aliphatic heterocycles. The van der Waals surface area contributed by atoms with E-state index in [1.165, 1.54) is 22.7 Å². The number of thiophene rings is 2. The van der Waals surface area contributed by atoms with Gasteiger partial charge in [-0.2, -0.15) is 0 Å². The summed E-state index contributed by atoms with van der Waals surface area (Å²) >= 11 is 2.73. The van der Waals surface area contributed by atoms with Gasteiger partial charge < -0.3 is 15.6 Å². The Kier molecular flexibility index (Phi) is 5.71. The van der Waals surface area contributed by atoms with Crippen molar-refractivity contribution < 1.29 is 14.6 Å². The van der Waals surface area contributed by atoms with E-state index in [2.05, 4.69) is 0 Å². The van der Waals surface area contributed by atoms with Crippen LogP contribution in [0.15, 0.2) is 35.0 Å². The number of esters is 1. The van der Waals surface area contributed by atoms with Crippen LogP contribution in [0.5, 0.6) is 0 Å². The first-order chi connectivity index (χ1) is 11.7. The highest BCUT2D eigenvalue weighted by Crippen LogP contribution is 2.38. The highest BCUT2D eigenvalue weighted by atomic mass is 32.1. The van der Waals surface area contributed by atoms with Gasteiger partial charge >= 0.3 is 5.97 Å². The lowest BCUT2D eigenvalue weighted by Crippen LogP contribution is -2.41. The predicted octanol–water partition coefficient (Wildman–Crippen LogP) is 3.50. The molecule has 2 atom stereocenters. The van der Waals surface area contributed by atoms with Gasteiger partial charge in [0.2, 0.25) is 5.60 Å². The molecule has 1 saturated carbocycles. The molecule has 3 rings (SSSR count). The van der Waals surface area contributed by atoms with Gasteiger partial charge in [0.15, 0.2) is 0 Å². The minimum atomic E-state index is -1.72. The van der Waals surface area contributed by atoms with Crippen LogP contribution in [0.25, 0.3) is 0 Å². The second-order valence-corrected chi connectivity index (χ2v) is 8.13. The Balaban J connectivity index is 1.84. The van der Waals surface area contributed by atoms with Gasteiger partial charge in [-0.1, -0.05) is 18.6 Å². The van der Waals surface area contributed by atoms with Gasteiger partial charge in [-0.05, 0) is 61.0 Å². The minimum Gasteiger partial charge on any atom is -0.459 e. The van der Waals surface area contributed by atoms with Gasteiger partial charge in [-0.25, -0.2) is 4.79 Å². The van der Waals surface area contributed by atoms with Gasteiger partial charge in [-0.15, -0.1) is 22.7 Å². The number of carbonyl (C=O) groups excluding carboxylic acids is 1. The second kappa shape index (κ2) is 7.78. The quantitative estimate of drug-likeness (QED) is 0.769. The van der Waals surface area contributed by atoms with Gasteiger partial charge in [0.25, 0.3) is 0 Å². The van der Waals surface area contributed by atoms with E-state index in [1.807, 2.05) is 22.9 Å². The zero-order chi connectivity index (χ0) is 17.0. The second-order valence-electron chi connectivity index (χ2n) is 6.23. The number of rotatable bonds is 6. The molecule has 0 radical (unpaired) electrons. The van der Waals surface area contributed by atoms with Crippen molar-refractivity contribution >= 4 is 28.6 Å². The summed E-state index contributed by atoms with van der Waals surface area (Å²) in [6.07, 6.45) is 4.79. The van der Waals surface area contributed by atoms with E-state index in [1.54, 1.807) is 12.1 Å². The summed E-state index contributed by atoms with van der Waals surface area (Å²) in [5.74, 6) is -0.273. The molecule has 0 bridgehead atoms. The molecule has 0 aromatic carbocycles. The molecule has 3 N–H and O–H groups in total. The highest BCUT2D eigenvalue weighted by Gasteiger charge is 2.45. The van der Waals surface area contributed by atoms with Crippen LogP contribution in [0.2, 0.25) is 0 Å². The van der Waals surface area contributed by atoms with Crippen LogP contribution in [0.1, 0.15) is 41.9 Å². The molecular formula is C18H23NO3S2. The third-order valence-electron chi connectivity index (χ3n) is 4.69. The van der Waals surface area contributed by atoms with E-state index in [9.17, 15) is 9.90 Å². The van der Waals surface area contributed by atoms with Crippen molar-refractivity contribution in [2.24, 2.45) is 11.7 Å².